The first-order chi connectivity index (χ1) is 12.8. The molecule has 6 nitrogen and oxygen atoms in total. The molecule has 2 aliphatic heterocycles. The normalized spacial score (nSPS) is 19.7. The van der Waals surface area contributed by atoms with E-state index < -0.39 is 0 Å². The maximum Gasteiger partial charge on any atom is 0.286 e. The highest BCUT2D eigenvalue weighted by Gasteiger charge is 2.27. The molecule has 1 saturated heterocycles. The SMILES string of the molecule is O=C1N=C(N2CCOCC2)S/C1=C\c1cc2cnc3ccccc3c2o1. The molecule has 0 bridgehead atoms. The lowest BCUT2D eigenvalue weighted by Gasteiger charge is -2.27. The molecule has 1 fully saturated rings. The number of fused-ring (bicyclic) bond motifs is 3. The van der Waals surface area contributed by atoms with Gasteiger partial charge in [-0.25, -0.2) is 0 Å². The molecule has 2 aromatic heterocycles. The average molecular weight is 365 g/mol. The summed E-state index contributed by atoms with van der Waals surface area (Å²) in [5.41, 5.74) is 1.67. The highest BCUT2D eigenvalue weighted by Crippen LogP contribution is 2.33. The number of nitrogens with zero attached hydrogens (tertiary/aromatic N) is 3. The fraction of sp³-hybridized carbons (Fsp3) is 0.211. The number of carbonyl (C=O) groups excluding carboxylic acids is 1. The molecular formula is C19H15N3O3S. The van der Waals surface area contributed by atoms with E-state index in [-0.39, 0.29) is 5.91 Å². The van der Waals surface area contributed by atoms with E-state index in [0.29, 0.717) is 23.9 Å². The molecule has 5 rings (SSSR count). The molecule has 0 aliphatic carbocycles. The van der Waals surface area contributed by atoms with Crippen molar-refractivity contribution in [3.05, 3.63) is 47.2 Å². The zero-order valence-corrected chi connectivity index (χ0v) is 14.7. The Balaban J connectivity index is 1.47. The van der Waals surface area contributed by atoms with Crippen molar-refractivity contribution in [1.82, 2.24) is 9.88 Å². The van der Waals surface area contributed by atoms with E-state index in [1.807, 2.05) is 30.3 Å². The molecule has 0 unspecified atom stereocenters. The molecule has 1 aromatic carbocycles. The first-order valence-electron chi connectivity index (χ1n) is 8.40. The number of morpholine rings is 1. The fourth-order valence-corrected chi connectivity index (χ4v) is 4.08. The fourth-order valence-electron chi connectivity index (χ4n) is 3.14. The van der Waals surface area contributed by atoms with E-state index in [1.54, 1.807) is 12.3 Å². The van der Waals surface area contributed by atoms with Crippen LogP contribution in [-0.2, 0) is 9.53 Å². The number of amides is 1. The molecule has 130 valence electrons. The lowest BCUT2D eigenvalue weighted by Crippen LogP contribution is -2.38. The molecule has 0 atom stereocenters. The van der Waals surface area contributed by atoms with Crippen molar-refractivity contribution in [1.29, 1.82) is 0 Å². The Kier molecular flexibility index (Phi) is 3.76. The van der Waals surface area contributed by atoms with Crippen LogP contribution in [-0.4, -0.2) is 47.3 Å². The second-order valence-electron chi connectivity index (χ2n) is 6.12. The number of hydrogen-bond acceptors (Lipinski definition) is 6. The van der Waals surface area contributed by atoms with Crippen LogP contribution in [0.4, 0.5) is 0 Å². The highest BCUT2D eigenvalue weighted by atomic mass is 32.2. The van der Waals surface area contributed by atoms with E-state index in [2.05, 4.69) is 14.9 Å². The van der Waals surface area contributed by atoms with E-state index in [4.69, 9.17) is 9.15 Å². The molecule has 4 heterocycles. The molecule has 2 aliphatic rings. The minimum Gasteiger partial charge on any atom is -0.456 e. The van der Waals surface area contributed by atoms with Crippen molar-refractivity contribution < 1.29 is 13.9 Å². The Bertz CT molecular complexity index is 1080. The standard InChI is InChI=1S/C19H15N3O3S/c23-18-16(26-19(21-18)22-5-7-24-8-6-22)10-13-9-12-11-20-15-4-2-1-3-14(15)17(12)25-13/h1-4,9-11H,5-8H2/b16-10-. The number of furan rings is 1. The van der Waals surface area contributed by atoms with Crippen molar-refractivity contribution in [2.45, 2.75) is 0 Å². The number of pyridine rings is 1. The molecule has 0 spiro atoms. The van der Waals surface area contributed by atoms with Crippen molar-refractivity contribution in [3.63, 3.8) is 0 Å². The van der Waals surface area contributed by atoms with Gasteiger partial charge in [0.1, 0.15) is 11.3 Å². The summed E-state index contributed by atoms with van der Waals surface area (Å²) in [5, 5.41) is 2.62. The predicted octanol–water partition coefficient (Wildman–Crippen LogP) is 3.28. The van der Waals surface area contributed by atoms with Crippen LogP contribution in [0.15, 0.2) is 50.8 Å². The molecule has 0 saturated carbocycles. The van der Waals surface area contributed by atoms with Crippen LogP contribution >= 0.6 is 11.8 Å². The minimum atomic E-state index is -0.222. The zero-order valence-electron chi connectivity index (χ0n) is 13.8. The summed E-state index contributed by atoms with van der Waals surface area (Å²) in [5.74, 6) is 0.410. The smallest absolute Gasteiger partial charge is 0.286 e. The maximum absolute atomic E-state index is 12.3. The number of amidine groups is 1. The first kappa shape index (κ1) is 15.6. The maximum atomic E-state index is 12.3. The van der Waals surface area contributed by atoms with Crippen molar-refractivity contribution in [2.75, 3.05) is 26.3 Å². The van der Waals surface area contributed by atoms with Crippen LogP contribution in [0.5, 0.6) is 0 Å². The second-order valence-corrected chi connectivity index (χ2v) is 7.13. The van der Waals surface area contributed by atoms with Gasteiger partial charge in [0.15, 0.2) is 5.17 Å². The number of para-hydroxylation sites is 1. The summed E-state index contributed by atoms with van der Waals surface area (Å²) >= 11 is 1.39. The number of rotatable bonds is 1. The van der Waals surface area contributed by atoms with Crippen LogP contribution in [0.2, 0.25) is 0 Å². The third-order valence-electron chi connectivity index (χ3n) is 4.44. The summed E-state index contributed by atoms with van der Waals surface area (Å²) in [6.45, 7) is 2.84. The van der Waals surface area contributed by atoms with Gasteiger partial charge >= 0.3 is 0 Å². The van der Waals surface area contributed by atoms with Gasteiger partial charge in [-0.05, 0) is 30.0 Å². The Hall–Kier alpha value is -2.64. The quantitative estimate of drug-likeness (QED) is 0.617. The Morgan fingerprint density at radius 3 is 2.92 bits per heavy atom. The Labute approximate surface area is 153 Å². The van der Waals surface area contributed by atoms with Gasteiger partial charge in [0.05, 0.1) is 23.6 Å². The molecular weight excluding hydrogens is 350 g/mol. The van der Waals surface area contributed by atoms with Gasteiger partial charge < -0.3 is 14.1 Å². The lowest BCUT2D eigenvalue weighted by atomic mass is 10.2. The predicted molar refractivity (Wildman–Crippen MR) is 102 cm³/mol. The first-order valence-corrected chi connectivity index (χ1v) is 9.22. The zero-order chi connectivity index (χ0) is 17.5. The number of hydrogen-bond donors (Lipinski definition) is 0. The third kappa shape index (κ3) is 2.69. The largest absolute Gasteiger partial charge is 0.456 e. The highest BCUT2D eigenvalue weighted by molar-refractivity contribution is 8.18. The summed E-state index contributed by atoms with van der Waals surface area (Å²) in [4.78, 5) is 23.6. The number of thioether (sulfide) groups is 1. The molecule has 7 heteroatoms. The number of carbonyl (C=O) groups is 1. The van der Waals surface area contributed by atoms with Crippen molar-refractivity contribution in [3.8, 4) is 0 Å². The summed E-state index contributed by atoms with van der Waals surface area (Å²) < 4.78 is 11.4. The van der Waals surface area contributed by atoms with Crippen LogP contribution in [0.1, 0.15) is 5.76 Å². The monoisotopic (exact) mass is 365 g/mol. The van der Waals surface area contributed by atoms with Gasteiger partial charge in [0.2, 0.25) is 0 Å². The van der Waals surface area contributed by atoms with Gasteiger partial charge in [0, 0.05) is 36.1 Å². The van der Waals surface area contributed by atoms with E-state index in [0.717, 1.165) is 40.1 Å². The molecule has 3 aromatic rings. The lowest BCUT2D eigenvalue weighted by molar-refractivity contribution is -0.113. The number of aliphatic imine (C=N–C) groups is 1. The molecule has 1 amide bonds. The van der Waals surface area contributed by atoms with Crippen molar-refractivity contribution >= 4 is 50.8 Å². The summed E-state index contributed by atoms with van der Waals surface area (Å²) in [6.07, 6.45) is 3.56. The number of aromatic nitrogens is 1. The third-order valence-corrected chi connectivity index (χ3v) is 5.48. The van der Waals surface area contributed by atoms with Gasteiger partial charge in [-0.2, -0.15) is 4.99 Å². The van der Waals surface area contributed by atoms with Crippen molar-refractivity contribution in [2.24, 2.45) is 4.99 Å². The van der Waals surface area contributed by atoms with E-state index in [9.17, 15) is 4.79 Å². The summed E-state index contributed by atoms with van der Waals surface area (Å²) in [7, 11) is 0. The van der Waals surface area contributed by atoms with Gasteiger partial charge in [0.25, 0.3) is 5.91 Å². The van der Waals surface area contributed by atoms with E-state index >= 15 is 0 Å². The minimum absolute atomic E-state index is 0.222. The molecule has 0 radical (unpaired) electrons. The molecule has 26 heavy (non-hydrogen) atoms. The van der Waals surface area contributed by atoms with Crippen LogP contribution in [0, 0.1) is 0 Å². The van der Waals surface area contributed by atoms with Crippen LogP contribution in [0.3, 0.4) is 0 Å². The number of ether oxygens (including phenoxy) is 1. The number of benzene rings is 1. The van der Waals surface area contributed by atoms with Crippen LogP contribution in [0.25, 0.3) is 27.9 Å². The van der Waals surface area contributed by atoms with Gasteiger partial charge in [-0.15, -0.1) is 0 Å². The Morgan fingerprint density at radius 2 is 2.04 bits per heavy atom. The Morgan fingerprint density at radius 1 is 1.19 bits per heavy atom. The van der Waals surface area contributed by atoms with Gasteiger partial charge in [-0.1, -0.05) is 12.1 Å². The topological polar surface area (TPSA) is 67.9 Å². The second kappa shape index (κ2) is 6.26. The average Bonchev–Trinajstić information content (AvgIpc) is 3.26. The van der Waals surface area contributed by atoms with Gasteiger partial charge in [-0.3, -0.25) is 9.78 Å². The van der Waals surface area contributed by atoms with E-state index in [1.165, 1.54) is 11.8 Å². The summed E-state index contributed by atoms with van der Waals surface area (Å²) in [6, 6.07) is 9.75. The van der Waals surface area contributed by atoms with Crippen LogP contribution < -0.4 is 0 Å². The molecule has 0 N–H and O–H groups in total.